The number of thiazole rings is 1. The van der Waals surface area contributed by atoms with Gasteiger partial charge < -0.3 is 10.1 Å². The summed E-state index contributed by atoms with van der Waals surface area (Å²) in [7, 11) is 0. The van der Waals surface area contributed by atoms with E-state index < -0.39 is 0 Å². The van der Waals surface area contributed by atoms with Gasteiger partial charge >= 0.3 is 0 Å². The van der Waals surface area contributed by atoms with Gasteiger partial charge in [-0.05, 0) is 44.7 Å². The molecule has 1 N–H and O–H groups in total. The van der Waals surface area contributed by atoms with Crippen LogP contribution < -0.4 is 10.1 Å². The van der Waals surface area contributed by atoms with Gasteiger partial charge in [0.15, 0.2) is 16.7 Å². The third-order valence-corrected chi connectivity index (χ3v) is 4.34. The SMILES string of the molecule is Cc1csc(Nc2ncccc2OC2CCCCC2)n1. The molecule has 4 nitrogen and oxygen atoms in total. The fourth-order valence-corrected chi connectivity index (χ4v) is 3.14. The van der Waals surface area contributed by atoms with Crippen molar-refractivity contribution < 1.29 is 4.74 Å². The summed E-state index contributed by atoms with van der Waals surface area (Å²) in [5, 5.41) is 6.13. The van der Waals surface area contributed by atoms with Crippen LogP contribution in [0.15, 0.2) is 23.7 Å². The molecule has 0 spiro atoms. The van der Waals surface area contributed by atoms with Gasteiger partial charge in [-0.2, -0.15) is 0 Å². The third kappa shape index (κ3) is 3.28. The van der Waals surface area contributed by atoms with Crippen molar-refractivity contribution in [2.24, 2.45) is 0 Å². The number of aryl methyl sites for hydroxylation is 1. The molecule has 0 atom stereocenters. The van der Waals surface area contributed by atoms with Crippen molar-refractivity contribution in [3.63, 3.8) is 0 Å². The maximum Gasteiger partial charge on any atom is 0.188 e. The van der Waals surface area contributed by atoms with Gasteiger partial charge in [-0.3, -0.25) is 0 Å². The van der Waals surface area contributed by atoms with Gasteiger partial charge in [0.05, 0.1) is 11.8 Å². The minimum atomic E-state index is 0.325. The first-order valence-electron chi connectivity index (χ1n) is 7.12. The predicted molar refractivity (Wildman–Crippen MR) is 81.9 cm³/mol. The molecule has 0 unspecified atom stereocenters. The number of pyridine rings is 1. The topological polar surface area (TPSA) is 47.0 Å². The van der Waals surface area contributed by atoms with Crippen LogP contribution in [-0.4, -0.2) is 16.1 Å². The number of nitrogens with zero attached hydrogens (tertiary/aromatic N) is 2. The lowest BCUT2D eigenvalue weighted by Crippen LogP contribution is -2.20. The predicted octanol–water partition coefficient (Wildman–Crippen LogP) is 4.30. The maximum atomic E-state index is 6.12. The summed E-state index contributed by atoms with van der Waals surface area (Å²) in [6.07, 6.45) is 8.24. The van der Waals surface area contributed by atoms with E-state index in [-0.39, 0.29) is 0 Å². The lowest BCUT2D eigenvalue weighted by atomic mass is 9.98. The molecule has 5 heteroatoms. The third-order valence-electron chi connectivity index (χ3n) is 3.46. The van der Waals surface area contributed by atoms with E-state index in [0.29, 0.717) is 6.10 Å². The van der Waals surface area contributed by atoms with E-state index in [1.807, 2.05) is 24.4 Å². The van der Waals surface area contributed by atoms with Crippen LogP contribution in [0.4, 0.5) is 10.9 Å². The summed E-state index contributed by atoms with van der Waals surface area (Å²) in [6.45, 7) is 1.99. The molecule has 20 heavy (non-hydrogen) atoms. The summed E-state index contributed by atoms with van der Waals surface area (Å²) < 4.78 is 6.12. The highest BCUT2D eigenvalue weighted by Crippen LogP contribution is 2.30. The average Bonchev–Trinajstić information content (AvgIpc) is 2.88. The first kappa shape index (κ1) is 13.4. The van der Waals surface area contributed by atoms with Crippen LogP contribution in [-0.2, 0) is 0 Å². The lowest BCUT2D eigenvalue weighted by Gasteiger charge is -2.23. The minimum Gasteiger partial charge on any atom is -0.487 e. The maximum absolute atomic E-state index is 6.12. The van der Waals surface area contributed by atoms with Crippen molar-refractivity contribution in [2.75, 3.05) is 5.32 Å². The quantitative estimate of drug-likeness (QED) is 0.911. The molecule has 0 bridgehead atoms. The zero-order valence-electron chi connectivity index (χ0n) is 11.6. The second-order valence-corrected chi connectivity index (χ2v) is 6.01. The number of hydrogen-bond acceptors (Lipinski definition) is 5. The number of ether oxygens (including phenoxy) is 1. The van der Waals surface area contributed by atoms with Crippen LogP contribution in [0, 0.1) is 6.92 Å². The fraction of sp³-hybridized carbons (Fsp3) is 0.467. The van der Waals surface area contributed by atoms with Gasteiger partial charge in [-0.1, -0.05) is 6.42 Å². The molecule has 106 valence electrons. The van der Waals surface area contributed by atoms with E-state index in [2.05, 4.69) is 15.3 Å². The Morgan fingerprint density at radius 1 is 1.30 bits per heavy atom. The van der Waals surface area contributed by atoms with Gasteiger partial charge in [-0.15, -0.1) is 11.3 Å². The standard InChI is InChI=1S/C15H19N3OS/c1-11-10-20-15(17-11)18-14-13(8-5-9-16-14)19-12-6-3-2-4-7-12/h5,8-10,12H,2-4,6-7H2,1H3,(H,16,17,18). The van der Waals surface area contributed by atoms with Crippen molar-refractivity contribution in [1.82, 2.24) is 9.97 Å². The Hall–Kier alpha value is -1.62. The Bertz CT molecular complexity index is 564. The molecule has 0 aromatic carbocycles. The van der Waals surface area contributed by atoms with Gasteiger partial charge in [0, 0.05) is 11.6 Å². The number of aromatic nitrogens is 2. The molecule has 0 aliphatic heterocycles. The van der Waals surface area contributed by atoms with Crippen molar-refractivity contribution in [3.05, 3.63) is 29.4 Å². The molecular formula is C15H19N3OS. The number of hydrogen-bond donors (Lipinski definition) is 1. The van der Waals surface area contributed by atoms with Crippen LogP contribution in [0.2, 0.25) is 0 Å². The van der Waals surface area contributed by atoms with Crippen LogP contribution in [0.1, 0.15) is 37.8 Å². The Kier molecular flexibility index (Phi) is 4.16. The highest BCUT2D eigenvalue weighted by molar-refractivity contribution is 7.13. The van der Waals surface area contributed by atoms with Crippen molar-refractivity contribution >= 4 is 22.3 Å². The van der Waals surface area contributed by atoms with Crippen molar-refractivity contribution in [3.8, 4) is 5.75 Å². The Morgan fingerprint density at radius 2 is 2.15 bits per heavy atom. The summed E-state index contributed by atoms with van der Waals surface area (Å²) in [6, 6.07) is 3.89. The molecule has 1 saturated carbocycles. The van der Waals surface area contributed by atoms with Crippen molar-refractivity contribution in [2.45, 2.75) is 45.1 Å². The molecule has 2 heterocycles. The van der Waals surface area contributed by atoms with Gasteiger partial charge in [0.1, 0.15) is 0 Å². The molecular weight excluding hydrogens is 270 g/mol. The average molecular weight is 289 g/mol. The zero-order chi connectivity index (χ0) is 13.8. The summed E-state index contributed by atoms with van der Waals surface area (Å²) >= 11 is 1.58. The first-order chi connectivity index (χ1) is 9.81. The molecule has 0 radical (unpaired) electrons. The Morgan fingerprint density at radius 3 is 2.90 bits per heavy atom. The number of nitrogens with one attached hydrogen (secondary N) is 1. The molecule has 3 rings (SSSR count). The highest BCUT2D eigenvalue weighted by atomic mass is 32.1. The second-order valence-electron chi connectivity index (χ2n) is 5.15. The van der Waals surface area contributed by atoms with Gasteiger partial charge in [0.2, 0.25) is 0 Å². The highest BCUT2D eigenvalue weighted by Gasteiger charge is 2.17. The monoisotopic (exact) mass is 289 g/mol. The first-order valence-corrected chi connectivity index (χ1v) is 8.00. The van der Waals surface area contributed by atoms with Gasteiger partial charge in [-0.25, -0.2) is 9.97 Å². The summed E-state index contributed by atoms with van der Waals surface area (Å²) in [5.41, 5.74) is 1.02. The van der Waals surface area contributed by atoms with Crippen molar-refractivity contribution in [1.29, 1.82) is 0 Å². The largest absolute Gasteiger partial charge is 0.487 e. The normalized spacial score (nSPS) is 16.1. The van der Waals surface area contributed by atoms with E-state index in [4.69, 9.17) is 4.74 Å². The van der Waals surface area contributed by atoms with E-state index in [1.54, 1.807) is 17.5 Å². The zero-order valence-corrected chi connectivity index (χ0v) is 12.4. The van der Waals surface area contributed by atoms with E-state index in [1.165, 1.54) is 19.3 Å². The van der Waals surface area contributed by atoms with Crippen LogP contribution in [0.3, 0.4) is 0 Å². The Labute approximate surface area is 123 Å². The number of anilines is 2. The molecule has 0 amide bonds. The summed E-state index contributed by atoms with van der Waals surface area (Å²) in [4.78, 5) is 8.79. The second kappa shape index (κ2) is 6.22. The van der Waals surface area contributed by atoms with Crippen LogP contribution in [0.5, 0.6) is 5.75 Å². The Balaban J connectivity index is 1.73. The van der Waals surface area contributed by atoms with E-state index in [9.17, 15) is 0 Å². The molecule has 2 aromatic rings. The molecule has 1 fully saturated rings. The van der Waals surface area contributed by atoms with E-state index >= 15 is 0 Å². The smallest absolute Gasteiger partial charge is 0.188 e. The molecule has 1 aliphatic carbocycles. The molecule has 0 saturated heterocycles. The number of rotatable bonds is 4. The lowest BCUT2D eigenvalue weighted by molar-refractivity contribution is 0.155. The fourth-order valence-electron chi connectivity index (χ4n) is 2.45. The van der Waals surface area contributed by atoms with Crippen LogP contribution >= 0.6 is 11.3 Å². The van der Waals surface area contributed by atoms with Crippen LogP contribution in [0.25, 0.3) is 0 Å². The minimum absolute atomic E-state index is 0.325. The van der Waals surface area contributed by atoms with E-state index in [0.717, 1.165) is 35.2 Å². The van der Waals surface area contributed by atoms with Gasteiger partial charge in [0.25, 0.3) is 0 Å². The molecule has 1 aliphatic rings. The summed E-state index contributed by atoms with van der Waals surface area (Å²) in [5.74, 6) is 1.58. The molecule has 2 aromatic heterocycles.